The molecule has 1 fully saturated rings. The zero-order chi connectivity index (χ0) is 14.9. The van der Waals surface area contributed by atoms with E-state index in [-0.39, 0.29) is 11.9 Å². The molecule has 2 atom stereocenters. The quantitative estimate of drug-likeness (QED) is 0.916. The van der Waals surface area contributed by atoms with E-state index in [0.717, 1.165) is 31.6 Å². The lowest BCUT2D eigenvalue weighted by Crippen LogP contribution is -2.45. The van der Waals surface area contributed by atoms with Gasteiger partial charge in [-0.15, -0.1) is 0 Å². The van der Waals surface area contributed by atoms with Gasteiger partial charge in [0.1, 0.15) is 0 Å². The van der Waals surface area contributed by atoms with Gasteiger partial charge in [0.25, 0.3) is 5.91 Å². The summed E-state index contributed by atoms with van der Waals surface area (Å²) in [5.74, 6) is 0.811. The summed E-state index contributed by atoms with van der Waals surface area (Å²) in [4.78, 5) is 14.5. The maximum absolute atomic E-state index is 12.6. The van der Waals surface area contributed by atoms with Gasteiger partial charge < -0.3 is 10.6 Å². The normalized spacial score (nSPS) is 21.3. The van der Waals surface area contributed by atoms with E-state index >= 15 is 0 Å². The van der Waals surface area contributed by atoms with Crippen LogP contribution in [0.5, 0.6) is 0 Å². The van der Waals surface area contributed by atoms with E-state index in [9.17, 15) is 4.79 Å². The maximum Gasteiger partial charge on any atom is 0.274 e. The van der Waals surface area contributed by atoms with Crippen molar-refractivity contribution in [3.63, 3.8) is 0 Å². The molecule has 5 nitrogen and oxygen atoms in total. The molecule has 1 saturated heterocycles. The Bertz CT molecular complexity index is 478. The average Bonchev–Trinajstić information content (AvgIpc) is 2.80. The first-order chi connectivity index (χ1) is 9.40. The second-order valence-electron chi connectivity index (χ2n) is 6.25. The zero-order valence-corrected chi connectivity index (χ0v) is 13.0. The molecule has 1 aromatic rings. The van der Waals surface area contributed by atoms with Gasteiger partial charge in [0.15, 0.2) is 5.69 Å². The third-order valence-electron chi connectivity index (χ3n) is 4.22. The maximum atomic E-state index is 12.6. The molecule has 0 spiro atoms. The minimum Gasteiger partial charge on any atom is -0.337 e. The summed E-state index contributed by atoms with van der Waals surface area (Å²) in [6.45, 7) is 7.81. The van der Waals surface area contributed by atoms with E-state index < -0.39 is 0 Å². The number of hydrogen-bond donors (Lipinski definition) is 1. The Kier molecular flexibility index (Phi) is 4.48. The second kappa shape index (κ2) is 5.95. The third kappa shape index (κ3) is 3.03. The van der Waals surface area contributed by atoms with Gasteiger partial charge >= 0.3 is 0 Å². The molecule has 1 aliphatic heterocycles. The smallest absolute Gasteiger partial charge is 0.274 e. The summed E-state index contributed by atoms with van der Waals surface area (Å²) in [6, 6.07) is 2.06. The Morgan fingerprint density at radius 2 is 2.15 bits per heavy atom. The van der Waals surface area contributed by atoms with Gasteiger partial charge in [-0.05, 0) is 37.7 Å². The van der Waals surface area contributed by atoms with Gasteiger partial charge in [-0.3, -0.25) is 9.48 Å². The Labute approximate surface area is 121 Å². The fourth-order valence-electron chi connectivity index (χ4n) is 2.91. The van der Waals surface area contributed by atoms with Crippen LogP contribution in [-0.2, 0) is 7.05 Å². The van der Waals surface area contributed by atoms with Crippen LogP contribution in [0, 0.1) is 5.92 Å². The zero-order valence-electron chi connectivity index (χ0n) is 13.0. The first-order valence-corrected chi connectivity index (χ1v) is 7.49. The Morgan fingerprint density at radius 3 is 2.70 bits per heavy atom. The van der Waals surface area contributed by atoms with Crippen LogP contribution in [0.2, 0.25) is 0 Å². The molecule has 1 amide bonds. The number of nitrogens with zero attached hydrogens (tertiary/aromatic N) is 3. The monoisotopic (exact) mass is 278 g/mol. The number of nitrogens with two attached hydrogens (primary N) is 1. The van der Waals surface area contributed by atoms with Crippen LogP contribution in [0.4, 0.5) is 0 Å². The van der Waals surface area contributed by atoms with Crippen LogP contribution in [0.15, 0.2) is 6.07 Å². The molecule has 0 bridgehead atoms. The first kappa shape index (κ1) is 15.0. The van der Waals surface area contributed by atoms with Crippen LogP contribution >= 0.6 is 0 Å². The number of carbonyl (C=O) groups excluding carboxylic acids is 1. The minimum atomic E-state index is 0.0397. The van der Waals surface area contributed by atoms with Crippen molar-refractivity contribution < 1.29 is 4.79 Å². The summed E-state index contributed by atoms with van der Waals surface area (Å²) in [6.07, 6.45) is 2.14. The van der Waals surface area contributed by atoms with Crippen LogP contribution < -0.4 is 5.73 Å². The molecule has 2 rings (SSSR count). The van der Waals surface area contributed by atoms with E-state index in [0.29, 0.717) is 17.5 Å². The highest BCUT2D eigenvalue weighted by molar-refractivity contribution is 5.92. The van der Waals surface area contributed by atoms with Crippen molar-refractivity contribution in [2.45, 2.75) is 45.6 Å². The molecule has 1 aliphatic rings. The first-order valence-electron chi connectivity index (χ1n) is 7.49. The largest absolute Gasteiger partial charge is 0.337 e. The molecule has 0 unspecified atom stereocenters. The lowest BCUT2D eigenvalue weighted by Gasteiger charge is -2.34. The number of hydrogen-bond acceptors (Lipinski definition) is 3. The number of rotatable bonds is 3. The molecule has 20 heavy (non-hydrogen) atoms. The third-order valence-corrected chi connectivity index (χ3v) is 4.22. The lowest BCUT2D eigenvalue weighted by molar-refractivity contribution is 0.0654. The topological polar surface area (TPSA) is 64.2 Å². The molecule has 0 aromatic carbocycles. The van der Waals surface area contributed by atoms with Gasteiger partial charge in [0.2, 0.25) is 0 Å². The van der Waals surface area contributed by atoms with Crippen LogP contribution in [0.1, 0.15) is 55.7 Å². The van der Waals surface area contributed by atoms with Crippen molar-refractivity contribution in [1.82, 2.24) is 14.7 Å². The fraction of sp³-hybridized carbons (Fsp3) is 0.733. The number of aryl methyl sites for hydroxylation is 1. The molecule has 2 N–H and O–H groups in total. The van der Waals surface area contributed by atoms with Gasteiger partial charge in [-0.1, -0.05) is 13.8 Å². The van der Waals surface area contributed by atoms with E-state index in [2.05, 4.69) is 18.9 Å². The Hall–Kier alpha value is -1.36. The summed E-state index contributed by atoms with van der Waals surface area (Å²) in [5, 5.41) is 4.37. The molecule has 0 saturated carbocycles. The van der Waals surface area contributed by atoms with E-state index in [1.807, 2.05) is 29.6 Å². The SMILES string of the molecule is CC(C)c1cc(C(=O)N2CCC[C@H]([C@H](C)N)C2)nn1C. The van der Waals surface area contributed by atoms with E-state index in [1.54, 1.807) is 0 Å². The molecule has 1 aromatic heterocycles. The summed E-state index contributed by atoms with van der Waals surface area (Å²) < 4.78 is 1.81. The standard InChI is InChI=1S/C15H26N4O/c1-10(2)14-8-13(17-18(14)4)15(20)19-7-5-6-12(9-19)11(3)16/h8,10-12H,5-7,9,16H2,1-4H3/t11-,12-/m0/s1. The number of likely N-dealkylation sites (tertiary alicyclic amines) is 1. The molecule has 5 heteroatoms. The molecule has 2 heterocycles. The van der Waals surface area contributed by atoms with Gasteiger partial charge in [-0.25, -0.2) is 0 Å². The number of piperidine rings is 1. The van der Waals surface area contributed by atoms with Crippen LogP contribution in [0.3, 0.4) is 0 Å². The highest BCUT2D eigenvalue weighted by atomic mass is 16.2. The number of aromatic nitrogens is 2. The number of amides is 1. The van der Waals surface area contributed by atoms with Crippen molar-refractivity contribution in [2.75, 3.05) is 13.1 Å². The van der Waals surface area contributed by atoms with Crippen molar-refractivity contribution in [3.8, 4) is 0 Å². The minimum absolute atomic E-state index is 0.0397. The Morgan fingerprint density at radius 1 is 1.45 bits per heavy atom. The van der Waals surface area contributed by atoms with Gasteiger partial charge in [-0.2, -0.15) is 5.10 Å². The van der Waals surface area contributed by atoms with Crippen LogP contribution in [-0.4, -0.2) is 39.7 Å². The predicted molar refractivity (Wildman–Crippen MR) is 79.6 cm³/mol. The van der Waals surface area contributed by atoms with Crippen molar-refractivity contribution in [1.29, 1.82) is 0 Å². The lowest BCUT2D eigenvalue weighted by atomic mass is 9.92. The van der Waals surface area contributed by atoms with Crippen molar-refractivity contribution in [2.24, 2.45) is 18.7 Å². The van der Waals surface area contributed by atoms with Gasteiger partial charge in [0, 0.05) is 31.9 Å². The predicted octanol–water partition coefficient (Wildman–Crippen LogP) is 1.74. The highest BCUT2D eigenvalue weighted by Crippen LogP contribution is 2.21. The summed E-state index contributed by atoms with van der Waals surface area (Å²) >= 11 is 0. The molecule has 0 aliphatic carbocycles. The molecular formula is C15H26N4O. The Balaban J connectivity index is 2.13. The van der Waals surface area contributed by atoms with Crippen molar-refractivity contribution >= 4 is 5.91 Å². The van der Waals surface area contributed by atoms with Crippen LogP contribution in [0.25, 0.3) is 0 Å². The number of carbonyl (C=O) groups is 1. The van der Waals surface area contributed by atoms with Crippen molar-refractivity contribution in [3.05, 3.63) is 17.5 Å². The second-order valence-corrected chi connectivity index (χ2v) is 6.25. The van der Waals surface area contributed by atoms with Gasteiger partial charge in [0.05, 0.1) is 0 Å². The molecule has 0 radical (unpaired) electrons. The molecular weight excluding hydrogens is 252 g/mol. The average molecular weight is 278 g/mol. The summed E-state index contributed by atoms with van der Waals surface area (Å²) in [5.41, 5.74) is 7.63. The highest BCUT2D eigenvalue weighted by Gasteiger charge is 2.28. The molecule has 112 valence electrons. The van der Waals surface area contributed by atoms with E-state index in [1.165, 1.54) is 0 Å². The van der Waals surface area contributed by atoms with E-state index in [4.69, 9.17) is 5.73 Å². The fourth-order valence-corrected chi connectivity index (χ4v) is 2.91. The summed E-state index contributed by atoms with van der Waals surface area (Å²) in [7, 11) is 1.90.